The van der Waals surface area contributed by atoms with Gasteiger partial charge < -0.3 is 24.4 Å². The van der Waals surface area contributed by atoms with Gasteiger partial charge in [0.2, 0.25) is 0 Å². The summed E-state index contributed by atoms with van der Waals surface area (Å²) in [6, 6.07) is 17.6. The quantitative estimate of drug-likeness (QED) is 0.280. The Morgan fingerprint density at radius 3 is 2.49 bits per heavy atom. The number of carbonyl (C=O) groups excluding carboxylic acids is 2. The molecular weight excluding hydrogens is 454 g/mol. The van der Waals surface area contributed by atoms with Gasteiger partial charge in [-0.15, -0.1) is 0 Å². The number of hydrogen-bond donors (Lipinski definition) is 1. The van der Waals surface area contributed by atoms with Crippen LogP contribution in [0.2, 0.25) is 0 Å². The van der Waals surface area contributed by atoms with Crippen LogP contribution in [0.3, 0.4) is 0 Å². The molecule has 2 amide bonds. The lowest BCUT2D eigenvalue weighted by molar-refractivity contribution is -0.384. The summed E-state index contributed by atoms with van der Waals surface area (Å²) >= 11 is 0. The van der Waals surface area contributed by atoms with Crippen molar-refractivity contribution in [3.8, 4) is 17.2 Å². The van der Waals surface area contributed by atoms with Crippen LogP contribution >= 0.6 is 0 Å². The highest BCUT2D eigenvalue weighted by Crippen LogP contribution is 2.35. The average Bonchev–Trinajstić information content (AvgIpc) is 2.88. The van der Waals surface area contributed by atoms with E-state index in [0.29, 0.717) is 42.4 Å². The summed E-state index contributed by atoms with van der Waals surface area (Å²) in [6.45, 7) is 0.745. The zero-order valence-electron chi connectivity index (χ0n) is 18.9. The summed E-state index contributed by atoms with van der Waals surface area (Å²) in [5.41, 5.74) is 1.18. The van der Waals surface area contributed by atoms with Crippen LogP contribution in [0.4, 0.5) is 17.1 Å². The molecule has 0 unspecified atom stereocenters. The summed E-state index contributed by atoms with van der Waals surface area (Å²) in [4.78, 5) is 37.0. The number of non-ortho nitro benzene ring substituents is 1. The van der Waals surface area contributed by atoms with Gasteiger partial charge in [0.25, 0.3) is 17.5 Å². The Morgan fingerprint density at radius 1 is 1.09 bits per heavy atom. The molecule has 0 saturated carbocycles. The number of fused-ring (bicyclic) bond motifs is 1. The van der Waals surface area contributed by atoms with Crippen molar-refractivity contribution in [3.05, 3.63) is 82.4 Å². The van der Waals surface area contributed by atoms with E-state index in [0.717, 1.165) is 5.75 Å². The van der Waals surface area contributed by atoms with Gasteiger partial charge >= 0.3 is 0 Å². The summed E-state index contributed by atoms with van der Waals surface area (Å²) in [6.07, 6.45) is 0.580. The largest absolute Gasteiger partial charge is 0.497 e. The molecule has 180 valence electrons. The van der Waals surface area contributed by atoms with E-state index in [4.69, 9.17) is 14.2 Å². The second-order valence-electron chi connectivity index (χ2n) is 7.65. The fraction of sp³-hybridized carbons (Fsp3) is 0.200. The highest BCUT2D eigenvalue weighted by atomic mass is 16.6. The number of amides is 2. The number of anilines is 2. The number of benzene rings is 3. The van der Waals surface area contributed by atoms with E-state index in [1.165, 1.54) is 24.3 Å². The van der Waals surface area contributed by atoms with Crippen LogP contribution in [0.25, 0.3) is 0 Å². The van der Waals surface area contributed by atoms with Gasteiger partial charge in [0, 0.05) is 29.9 Å². The Bertz CT molecular complexity index is 1230. The molecule has 10 nitrogen and oxygen atoms in total. The van der Waals surface area contributed by atoms with Gasteiger partial charge in [0.15, 0.2) is 6.61 Å². The smallest absolute Gasteiger partial charge is 0.269 e. The molecule has 0 aromatic heterocycles. The van der Waals surface area contributed by atoms with E-state index in [2.05, 4.69) is 5.32 Å². The fourth-order valence-electron chi connectivity index (χ4n) is 3.55. The molecule has 0 saturated heterocycles. The number of hydrogen-bond acceptors (Lipinski definition) is 7. The summed E-state index contributed by atoms with van der Waals surface area (Å²) in [7, 11) is 1.60. The number of rotatable bonds is 9. The normalized spacial score (nSPS) is 12.4. The van der Waals surface area contributed by atoms with Crippen molar-refractivity contribution in [2.45, 2.75) is 6.42 Å². The standard InChI is InChI=1S/C25H23N3O7/c1-33-20-8-10-21(11-9-20)34-14-2-13-27-22-15-18(5-12-23(22)35-16-24(27)29)26-25(30)17-3-6-19(7-4-17)28(31)32/h3-12,15H,2,13-14,16H2,1H3,(H,26,30). The van der Waals surface area contributed by atoms with Crippen molar-refractivity contribution in [2.24, 2.45) is 0 Å². The molecule has 1 aliphatic heterocycles. The molecule has 4 rings (SSSR count). The Hall–Kier alpha value is -4.60. The molecule has 10 heteroatoms. The van der Waals surface area contributed by atoms with Crippen molar-refractivity contribution in [1.82, 2.24) is 0 Å². The maximum absolute atomic E-state index is 12.6. The summed E-state index contributed by atoms with van der Waals surface area (Å²) in [5.74, 6) is 1.36. The van der Waals surface area contributed by atoms with E-state index in [-0.39, 0.29) is 23.8 Å². The first-order valence-electron chi connectivity index (χ1n) is 10.8. The topological polar surface area (TPSA) is 120 Å². The van der Waals surface area contributed by atoms with Crippen molar-refractivity contribution >= 4 is 28.9 Å². The van der Waals surface area contributed by atoms with E-state index >= 15 is 0 Å². The lowest BCUT2D eigenvalue weighted by atomic mass is 10.1. The molecule has 0 atom stereocenters. The predicted octanol–water partition coefficient (Wildman–Crippen LogP) is 4.05. The van der Waals surface area contributed by atoms with Crippen molar-refractivity contribution in [2.75, 3.05) is 37.1 Å². The van der Waals surface area contributed by atoms with E-state index < -0.39 is 10.8 Å². The second kappa shape index (κ2) is 10.6. The maximum atomic E-state index is 12.6. The van der Waals surface area contributed by atoms with Gasteiger partial charge in [0.05, 0.1) is 24.3 Å². The Morgan fingerprint density at radius 2 is 1.80 bits per heavy atom. The van der Waals surface area contributed by atoms with Crippen LogP contribution in [0.1, 0.15) is 16.8 Å². The van der Waals surface area contributed by atoms with Crippen molar-refractivity contribution < 1.29 is 28.7 Å². The fourth-order valence-corrected chi connectivity index (χ4v) is 3.55. The molecule has 35 heavy (non-hydrogen) atoms. The molecule has 0 radical (unpaired) electrons. The number of nitrogens with one attached hydrogen (secondary N) is 1. The van der Waals surface area contributed by atoms with Crippen molar-refractivity contribution in [1.29, 1.82) is 0 Å². The third-order valence-electron chi connectivity index (χ3n) is 5.35. The molecule has 0 aliphatic carbocycles. The number of methoxy groups -OCH3 is 1. The molecule has 1 N–H and O–H groups in total. The molecule has 1 aliphatic rings. The Labute approximate surface area is 201 Å². The first-order valence-corrected chi connectivity index (χ1v) is 10.8. The minimum Gasteiger partial charge on any atom is -0.497 e. The van der Waals surface area contributed by atoms with E-state index in [1.54, 1.807) is 30.2 Å². The van der Waals surface area contributed by atoms with Gasteiger partial charge in [-0.1, -0.05) is 0 Å². The summed E-state index contributed by atoms with van der Waals surface area (Å²) in [5, 5.41) is 13.6. The SMILES string of the molecule is COc1ccc(OCCCN2C(=O)COc3ccc(NC(=O)c4ccc([N+](=O)[O-])cc4)cc32)cc1. The molecule has 3 aromatic carbocycles. The molecular formula is C25H23N3O7. The van der Waals surface area contributed by atoms with Gasteiger partial charge in [0.1, 0.15) is 17.2 Å². The highest BCUT2D eigenvalue weighted by Gasteiger charge is 2.26. The number of ether oxygens (including phenoxy) is 3. The Balaban J connectivity index is 1.39. The number of nitro benzene ring substituents is 1. The zero-order valence-corrected chi connectivity index (χ0v) is 18.9. The van der Waals surface area contributed by atoms with E-state index in [1.807, 2.05) is 24.3 Å². The lowest BCUT2D eigenvalue weighted by Crippen LogP contribution is -2.39. The highest BCUT2D eigenvalue weighted by molar-refractivity contribution is 6.05. The molecule has 0 spiro atoms. The predicted molar refractivity (Wildman–Crippen MR) is 128 cm³/mol. The van der Waals surface area contributed by atoms with Crippen LogP contribution < -0.4 is 24.4 Å². The lowest BCUT2D eigenvalue weighted by Gasteiger charge is -2.30. The molecule has 1 heterocycles. The summed E-state index contributed by atoms with van der Waals surface area (Å²) < 4.78 is 16.4. The monoisotopic (exact) mass is 477 g/mol. The molecule has 0 fully saturated rings. The van der Waals surface area contributed by atoms with Crippen molar-refractivity contribution in [3.63, 3.8) is 0 Å². The van der Waals surface area contributed by atoms with Gasteiger partial charge in [-0.25, -0.2) is 0 Å². The minimum absolute atomic E-state index is 0.0686. The van der Waals surface area contributed by atoms with Gasteiger partial charge in [-0.3, -0.25) is 19.7 Å². The third-order valence-corrected chi connectivity index (χ3v) is 5.35. The van der Waals surface area contributed by atoms with Gasteiger partial charge in [-0.05, 0) is 61.0 Å². The van der Waals surface area contributed by atoms with Crippen LogP contribution in [0.15, 0.2) is 66.7 Å². The minimum atomic E-state index is -0.529. The van der Waals surface area contributed by atoms with Gasteiger partial charge in [-0.2, -0.15) is 0 Å². The molecule has 0 bridgehead atoms. The third kappa shape index (κ3) is 5.67. The van der Waals surface area contributed by atoms with Crippen LogP contribution in [0, 0.1) is 10.1 Å². The number of carbonyl (C=O) groups is 2. The number of nitro groups is 1. The second-order valence-corrected chi connectivity index (χ2v) is 7.65. The molecule has 3 aromatic rings. The Kier molecular flexibility index (Phi) is 7.10. The number of nitrogens with zero attached hydrogens (tertiary/aromatic N) is 2. The first-order chi connectivity index (χ1) is 16.9. The van der Waals surface area contributed by atoms with Crippen LogP contribution in [-0.4, -0.2) is 43.6 Å². The van der Waals surface area contributed by atoms with E-state index in [9.17, 15) is 19.7 Å². The van der Waals surface area contributed by atoms with Crippen LogP contribution in [-0.2, 0) is 4.79 Å². The average molecular weight is 477 g/mol. The maximum Gasteiger partial charge on any atom is 0.269 e. The van der Waals surface area contributed by atoms with Crippen LogP contribution in [0.5, 0.6) is 17.2 Å². The zero-order chi connectivity index (χ0) is 24.8. The first kappa shape index (κ1) is 23.6.